The van der Waals surface area contributed by atoms with Crippen molar-refractivity contribution in [2.45, 2.75) is 13.3 Å². The minimum absolute atomic E-state index is 0.0903. The van der Waals surface area contributed by atoms with Gasteiger partial charge in [-0.1, -0.05) is 40.2 Å². The normalized spacial score (nSPS) is 10.3. The molecule has 20 heavy (non-hydrogen) atoms. The number of nitrogens with zero attached hydrogens (tertiary/aromatic N) is 1. The van der Waals surface area contributed by atoms with Gasteiger partial charge in [-0.25, -0.2) is 0 Å². The minimum atomic E-state index is -0.505. The van der Waals surface area contributed by atoms with Crippen molar-refractivity contribution in [3.8, 4) is 0 Å². The molecule has 0 saturated heterocycles. The number of benzene rings is 2. The molecule has 0 atom stereocenters. The number of carbonyl (C=O) groups is 1. The van der Waals surface area contributed by atoms with E-state index in [2.05, 4.69) is 15.9 Å². The molecular formula is C15H12BrNO3. The fourth-order valence-corrected chi connectivity index (χ4v) is 2.41. The summed E-state index contributed by atoms with van der Waals surface area (Å²) in [5.74, 6) is -0.135. The van der Waals surface area contributed by atoms with Gasteiger partial charge in [-0.3, -0.25) is 14.9 Å². The molecule has 0 aliphatic rings. The first kappa shape index (κ1) is 14.4. The highest BCUT2D eigenvalue weighted by atomic mass is 79.9. The van der Waals surface area contributed by atoms with Gasteiger partial charge in [0.1, 0.15) is 0 Å². The number of Topliss-reactive ketones (excluding diaryl/α,β-unsaturated/α-hetero) is 1. The molecule has 4 nitrogen and oxygen atoms in total. The third kappa shape index (κ3) is 3.30. The summed E-state index contributed by atoms with van der Waals surface area (Å²) in [5, 5.41) is 10.8. The molecule has 2 aromatic carbocycles. The van der Waals surface area contributed by atoms with Gasteiger partial charge in [-0.05, 0) is 24.1 Å². The van der Waals surface area contributed by atoms with Crippen LogP contribution in [0.2, 0.25) is 0 Å². The molecule has 0 aromatic heterocycles. The monoisotopic (exact) mass is 333 g/mol. The van der Waals surface area contributed by atoms with Crippen LogP contribution in [-0.4, -0.2) is 10.7 Å². The standard InChI is InChI=1S/C15H12BrNO3/c1-10-4-2-3-5-11(10)8-15(18)12-6-13(16)9-14(7-12)17(19)20/h2-7,9H,8H2,1H3. The van der Waals surface area contributed by atoms with Crippen LogP contribution in [0.25, 0.3) is 0 Å². The average Bonchev–Trinajstić information content (AvgIpc) is 2.40. The predicted octanol–water partition coefficient (Wildman–Crippen LogP) is 4.09. The fraction of sp³-hybridized carbons (Fsp3) is 0.133. The Bertz CT molecular complexity index is 683. The quantitative estimate of drug-likeness (QED) is 0.481. The summed E-state index contributed by atoms with van der Waals surface area (Å²) < 4.78 is 0.528. The molecule has 0 N–H and O–H groups in total. The molecule has 0 unspecified atom stereocenters. The predicted molar refractivity (Wildman–Crippen MR) is 80.0 cm³/mol. The second-order valence-corrected chi connectivity index (χ2v) is 5.40. The summed E-state index contributed by atoms with van der Waals surface area (Å²) in [4.78, 5) is 22.6. The highest BCUT2D eigenvalue weighted by Crippen LogP contribution is 2.22. The Morgan fingerprint density at radius 3 is 2.60 bits per heavy atom. The Kier molecular flexibility index (Phi) is 4.29. The van der Waals surface area contributed by atoms with Gasteiger partial charge in [0.05, 0.1) is 4.92 Å². The van der Waals surface area contributed by atoms with Crippen molar-refractivity contribution in [1.29, 1.82) is 0 Å². The van der Waals surface area contributed by atoms with Crippen molar-refractivity contribution < 1.29 is 9.72 Å². The van der Waals surface area contributed by atoms with Crippen molar-refractivity contribution in [2.75, 3.05) is 0 Å². The average molecular weight is 334 g/mol. The van der Waals surface area contributed by atoms with Gasteiger partial charge in [0.15, 0.2) is 5.78 Å². The van der Waals surface area contributed by atoms with E-state index in [-0.39, 0.29) is 17.9 Å². The Balaban J connectivity index is 2.30. The summed E-state index contributed by atoms with van der Waals surface area (Å²) >= 11 is 3.19. The summed E-state index contributed by atoms with van der Waals surface area (Å²) in [5.41, 5.74) is 2.22. The number of non-ortho nitro benzene ring substituents is 1. The number of hydrogen-bond acceptors (Lipinski definition) is 3. The number of carbonyl (C=O) groups excluding carboxylic acids is 1. The second-order valence-electron chi connectivity index (χ2n) is 4.48. The summed E-state index contributed by atoms with van der Waals surface area (Å²) in [7, 11) is 0. The third-order valence-electron chi connectivity index (χ3n) is 3.03. The first-order valence-corrected chi connectivity index (χ1v) is 6.79. The van der Waals surface area contributed by atoms with Crippen LogP contribution in [0, 0.1) is 17.0 Å². The number of halogens is 1. The summed E-state index contributed by atoms with van der Waals surface area (Å²) in [6, 6.07) is 11.9. The molecule has 2 rings (SSSR count). The Morgan fingerprint density at radius 1 is 1.25 bits per heavy atom. The first-order valence-electron chi connectivity index (χ1n) is 6.00. The fourth-order valence-electron chi connectivity index (χ4n) is 1.92. The number of hydrogen-bond donors (Lipinski definition) is 0. The van der Waals surface area contributed by atoms with Gasteiger partial charge in [0.2, 0.25) is 0 Å². The minimum Gasteiger partial charge on any atom is -0.294 e. The summed E-state index contributed by atoms with van der Waals surface area (Å²) in [6.45, 7) is 1.94. The highest BCUT2D eigenvalue weighted by molar-refractivity contribution is 9.10. The zero-order valence-electron chi connectivity index (χ0n) is 10.8. The smallest absolute Gasteiger partial charge is 0.271 e. The van der Waals surface area contributed by atoms with E-state index in [0.29, 0.717) is 10.0 Å². The molecule has 0 saturated carbocycles. The second kappa shape index (κ2) is 5.96. The molecular weight excluding hydrogens is 322 g/mol. The SMILES string of the molecule is Cc1ccccc1CC(=O)c1cc(Br)cc([N+](=O)[O-])c1. The Labute approximate surface area is 124 Å². The van der Waals surface area contributed by atoms with Crippen LogP contribution in [0.15, 0.2) is 46.9 Å². The lowest BCUT2D eigenvalue weighted by Crippen LogP contribution is -2.05. The van der Waals surface area contributed by atoms with E-state index in [1.54, 1.807) is 6.07 Å². The maximum Gasteiger partial charge on any atom is 0.271 e. The zero-order valence-corrected chi connectivity index (χ0v) is 12.4. The number of nitro benzene ring substituents is 1. The molecule has 0 spiro atoms. The zero-order chi connectivity index (χ0) is 14.7. The lowest BCUT2D eigenvalue weighted by molar-refractivity contribution is -0.385. The van der Waals surface area contributed by atoms with Crippen molar-refractivity contribution >= 4 is 27.4 Å². The van der Waals surface area contributed by atoms with Crippen molar-refractivity contribution in [1.82, 2.24) is 0 Å². The lowest BCUT2D eigenvalue weighted by atomic mass is 9.99. The van der Waals surface area contributed by atoms with E-state index in [0.717, 1.165) is 11.1 Å². The van der Waals surface area contributed by atoms with E-state index in [1.807, 2.05) is 31.2 Å². The molecule has 102 valence electrons. The maximum atomic E-state index is 12.2. The van der Waals surface area contributed by atoms with Crippen LogP contribution in [-0.2, 0) is 6.42 Å². The van der Waals surface area contributed by atoms with Crippen LogP contribution in [0.5, 0.6) is 0 Å². The van der Waals surface area contributed by atoms with E-state index in [1.165, 1.54) is 12.1 Å². The van der Waals surface area contributed by atoms with Gasteiger partial charge in [0, 0.05) is 28.6 Å². The molecule has 0 radical (unpaired) electrons. The maximum absolute atomic E-state index is 12.2. The van der Waals surface area contributed by atoms with Crippen molar-refractivity contribution in [3.63, 3.8) is 0 Å². The van der Waals surface area contributed by atoms with Crippen LogP contribution < -0.4 is 0 Å². The first-order chi connectivity index (χ1) is 9.47. The van der Waals surface area contributed by atoms with Crippen molar-refractivity contribution in [3.05, 3.63) is 73.7 Å². The van der Waals surface area contributed by atoms with E-state index in [9.17, 15) is 14.9 Å². The highest BCUT2D eigenvalue weighted by Gasteiger charge is 2.14. The number of rotatable bonds is 4. The third-order valence-corrected chi connectivity index (χ3v) is 3.49. The molecule has 0 bridgehead atoms. The van der Waals surface area contributed by atoms with Gasteiger partial charge >= 0.3 is 0 Å². The topological polar surface area (TPSA) is 60.2 Å². The Hall–Kier alpha value is -2.01. The molecule has 0 aliphatic heterocycles. The molecule has 0 fully saturated rings. The van der Waals surface area contributed by atoms with Gasteiger partial charge in [-0.2, -0.15) is 0 Å². The van der Waals surface area contributed by atoms with Crippen LogP contribution in [0.3, 0.4) is 0 Å². The molecule has 0 aliphatic carbocycles. The van der Waals surface area contributed by atoms with Crippen molar-refractivity contribution in [2.24, 2.45) is 0 Å². The largest absolute Gasteiger partial charge is 0.294 e. The molecule has 0 amide bonds. The van der Waals surface area contributed by atoms with E-state index >= 15 is 0 Å². The number of nitro groups is 1. The molecule has 5 heteroatoms. The molecule has 0 heterocycles. The summed E-state index contributed by atoms with van der Waals surface area (Å²) in [6.07, 6.45) is 0.236. The Morgan fingerprint density at radius 2 is 1.95 bits per heavy atom. The number of aryl methyl sites for hydroxylation is 1. The molecule has 2 aromatic rings. The van der Waals surface area contributed by atoms with Gasteiger partial charge < -0.3 is 0 Å². The van der Waals surface area contributed by atoms with Gasteiger partial charge in [-0.15, -0.1) is 0 Å². The van der Waals surface area contributed by atoms with Gasteiger partial charge in [0.25, 0.3) is 5.69 Å². The van der Waals surface area contributed by atoms with Crippen LogP contribution >= 0.6 is 15.9 Å². The van der Waals surface area contributed by atoms with Crippen LogP contribution in [0.1, 0.15) is 21.5 Å². The van der Waals surface area contributed by atoms with E-state index in [4.69, 9.17) is 0 Å². The van der Waals surface area contributed by atoms with Crippen LogP contribution in [0.4, 0.5) is 5.69 Å². The lowest BCUT2D eigenvalue weighted by Gasteiger charge is -2.05. The number of ketones is 1. The van der Waals surface area contributed by atoms with E-state index < -0.39 is 4.92 Å².